The summed E-state index contributed by atoms with van der Waals surface area (Å²) >= 11 is 5.67. The zero-order valence-corrected chi connectivity index (χ0v) is 24.4. The van der Waals surface area contributed by atoms with Crippen LogP contribution in [-0.2, 0) is 30.1 Å². The Kier molecular flexibility index (Phi) is 8.75. The Balaban J connectivity index is 1.61. The monoisotopic (exact) mass is 554 g/mol. The summed E-state index contributed by atoms with van der Waals surface area (Å²) < 4.78 is 1.59. The van der Waals surface area contributed by atoms with Gasteiger partial charge in [-0.2, -0.15) is 0 Å². The fraction of sp³-hybridized carbons (Fsp3) is 0.265. The van der Waals surface area contributed by atoms with Crippen LogP contribution in [-0.4, -0.2) is 22.1 Å². The van der Waals surface area contributed by atoms with E-state index >= 15 is 0 Å². The average molecular weight is 555 g/mol. The minimum absolute atomic E-state index is 0.0145. The molecule has 0 saturated heterocycles. The first kappa shape index (κ1) is 29.0. The maximum absolute atomic E-state index is 13.1. The van der Waals surface area contributed by atoms with Gasteiger partial charge in [0.1, 0.15) is 0 Å². The van der Waals surface area contributed by atoms with Crippen LogP contribution >= 0.6 is 11.6 Å². The van der Waals surface area contributed by atoms with Crippen LogP contribution in [0, 0.1) is 6.92 Å². The van der Waals surface area contributed by atoms with Crippen molar-refractivity contribution in [1.82, 2.24) is 4.57 Å². The summed E-state index contributed by atoms with van der Waals surface area (Å²) in [5.74, 6) is -0.231. The van der Waals surface area contributed by atoms with E-state index in [1.54, 1.807) is 11.6 Å². The Morgan fingerprint density at radius 3 is 2.27 bits per heavy atom. The molecule has 0 saturated carbocycles. The molecule has 0 fully saturated rings. The third-order valence-corrected chi connectivity index (χ3v) is 7.40. The number of pyridine rings is 1. The van der Waals surface area contributed by atoms with Gasteiger partial charge in [-0.3, -0.25) is 14.4 Å². The molecule has 206 valence electrons. The van der Waals surface area contributed by atoms with Gasteiger partial charge < -0.3 is 9.88 Å². The van der Waals surface area contributed by atoms with Gasteiger partial charge in [0.2, 0.25) is 0 Å². The molecule has 6 heteroatoms. The zero-order chi connectivity index (χ0) is 29.0. The van der Waals surface area contributed by atoms with Crippen molar-refractivity contribution in [2.45, 2.75) is 46.0 Å². The van der Waals surface area contributed by atoms with Gasteiger partial charge in [-0.05, 0) is 70.0 Å². The number of alkyl halides is 1. The highest BCUT2D eigenvalue weighted by atomic mass is 35.5. The number of hydrogen-bond acceptors (Lipinski definition) is 3. The molecule has 4 rings (SSSR count). The first-order valence-corrected chi connectivity index (χ1v) is 13.9. The van der Waals surface area contributed by atoms with Crippen molar-refractivity contribution < 1.29 is 9.59 Å². The second-order valence-corrected chi connectivity index (χ2v) is 11.5. The third-order valence-electron chi connectivity index (χ3n) is 7.10. The Bertz CT molecular complexity index is 1610. The van der Waals surface area contributed by atoms with E-state index in [0.717, 1.165) is 33.5 Å². The summed E-state index contributed by atoms with van der Waals surface area (Å²) in [6.45, 7) is 8.40. The van der Waals surface area contributed by atoms with Crippen molar-refractivity contribution in [2.75, 3.05) is 11.2 Å². The molecule has 3 aromatic carbocycles. The van der Waals surface area contributed by atoms with E-state index < -0.39 is 0 Å². The lowest BCUT2D eigenvalue weighted by Gasteiger charge is -2.19. The first-order chi connectivity index (χ1) is 19.0. The molecule has 1 N–H and O–H groups in total. The lowest BCUT2D eigenvalue weighted by Crippen LogP contribution is -2.21. The zero-order valence-electron chi connectivity index (χ0n) is 23.7. The molecule has 0 bridgehead atoms. The van der Waals surface area contributed by atoms with Gasteiger partial charge >= 0.3 is 0 Å². The lowest BCUT2D eigenvalue weighted by atomic mass is 9.86. The fourth-order valence-corrected chi connectivity index (χ4v) is 4.89. The number of anilines is 1. The number of hydrogen-bond donors (Lipinski definition) is 1. The molecule has 40 heavy (non-hydrogen) atoms. The molecule has 0 unspecified atom stereocenters. The van der Waals surface area contributed by atoms with Gasteiger partial charge in [-0.1, -0.05) is 69.3 Å². The van der Waals surface area contributed by atoms with Crippen molar-refractivity contribution in [3.8, 4) is 11.1 Å². The molecule has 0 aliphatic heterocycles. The van der Waals surface area contributed by atoms with Gasteiger partial charge in [0.15, 0.2) is 5.78 Å². The largest absolute Gasteiger partial charge is 0.322 e. The Hall–Kier alpha value is -3.96. The molecule has 5 nitrogen and oxygen atoms in total. The van der Waals surface area contributed by atoms with Gasteiger partial charge in [0.25, 0.3) is 11.5 Å². The van der Waals surface area contributed by atoms with E-state index in [1.807, 2.05) is 85.9 Å². The van der Waals surface area contributed by atoms with Crippen molar-refractivity contribution in [3.63, 3.8) is 0 Å². The number of carbonyl (C=O) groups excluding carboxylic acids is 2. The van der Waals surface area contributed by atoms with Crippen molar-refractivity contribution in [3.05, 3.63) is 123 Å². The van der Waals surface area contributed by atoms with Gasteiger partial charge in [-0.25, -0.2) is 0 Å². The van der Waals surface area contributed by atoms with Crippen molar-refractivity contribution in [1.29, 1.82) is 0 Å². The number of amides is 1. The van der Waals surface area contributed by atoms with Crippen LogP contribution in [0.15, 0.2) is 83.8 Å². The molecular formula is C34H35ClN2O3. The lowest BCUT2D eigenvalue weighted by molar-refractivity contribution is -0.116. The normalized spacial score (nSPS) is 11.3. The molecule has 0 radical (unpaired) electrons. The molecule has 0 spiro atoms. The maximum atomic E-state index is 13.1. The van der Waals surface area contributed by atoms with E-state index in [9.17, 15) is 14.4 Å². The van der Waals surface area contributed by atoms with Crippen molar-refractivity contribution >= 4 is 29.0 Å². The van der Waals surface area contributed by atoms with E-state index in [2.05, 4.69) is 26.1 Å². The molecule has 0 aliphatic rings. The number of carbonyl (C=O) groups is 2. The van der Waals surface area contributed by atoms with Crippen molar-refractivity contribution in [2.24, 2.45) is 7.05 Å². The Morgan fingerprint density at radius 2 is 1.60 bits per heavy atom. The van der Waals surface area contributed by atoms with Gasteiger partial charge in [0.05, 0.1) is 5.88 Å². The van der Waals surface area contributed by atoms with Crippen LogP contribution in [0.5, 0.6) is 0 Å². The number of aromatic nitrogens is 1. The number of Topliss-reactive ketones (excluding diaryl/α,β-unsaturated/α-hetero) is 1. The number of rotatable bonds is 8. The minimum Gasteiger partial charge on any atom is -0.322 e. The van der Waals surface area contributed by atoms with Gasteiger partial charge in [0, 0.05) is 42.9 Å². The summed E-state index contributed by atoms with van der Waals surface area (Å²) in [4.78, 5) is 37.9. The number of ketones is 1. The quantitative estimate of drug-likeness (QED) is 0.242. The van der Waals surface area contributed by atoms with Crippen LogP contribution in [0.25, 0.3) is 11.1 Å². The second kappa shape index (κ2) is 12.1. The Labute approximate surface area is 240 Å². The smallest absolute Gasteiger partial charge is 0.255 e. The summed E-state index contributed by atoms with van der Waals surface area (Å²) in [5, 5.41) is 3.06. The van der Waals surface area contributed by atoms with E-state index in [4.69, 9.17) is 11.6 Å². The van der Waals surface area contributed by atoms with E-state index in [-0.39, 0.29) is 35.0 Å². The number of benzene rings is 3. The number of nitrogens with zero attached hydrogens (tertiary/aromatic N) is 1. The summed E-state index contributed by atoms with van der Waals surface area (Å²) in [5.41, 5.74) is 7.62. The summed E-state index contributed by atoms with van der Waals surface area (Å²) in [6, 6.07) is 23.1. The van der Waals surface area contributed by atoms with Crippen LogP contribution in [0.3, 0.4) is 0 Å². The summed E-state index contributed by atoms with van der Waals surface area (Å²) in [6.07, 6.45) is 2.53. The highest BCUT2D eigenvalue weighted by Gasteiger charge is 2.16. The van der Waals surface area contributed by atoms with Crippen LogP contribution < -0.4 is 10.9 Å². The predicted octanol–water partition coefficient (Wildman–Crippen LogP) is 6.85. The molecule has 4 aromatic rings. The van der Waals surface area contributed by atoms with E-state index in [0.29, 0.717) is 17.5 Å². The number of aryl methyl sites for hydroxylation is 1. The third kappa shape index (κ3) is 6.78. The SMILES string of the molecule is Cc1c(NC(=O)c2ccc(C(C)(C)C)cc2)cccc1-c1cc(Cc2cccc(CC(=O)CCl)c2)c(=O)n(C)c1. The molecule has 0 atom stereocenters. The number of halogens is 1. The first-order valence-electron chi connectivity index (χ1n) is 13.3. The van der Waals surface area contributed by atoms with Crippen LogP contribution in [0.4, 0.5) is 5.69 Å². The minimum atomic E-state index is -0.172. The fourth-order valence-electron chi connectivity index (χ4n) is 4.80. The van der Waals surface area contributed by atoms with Crippen LogP contribution in [0.2, 0.25) is 0 Å². The highest BCUT2D eigenvalue weighted by Crippen LogP contribution is 2.29. The maximum Gasteiger partial charge on any atom is 0.255 e. The molecule has 1 amide bonds. The summed E-state index contributed by atoms with van der Waals surface area (Å²) in [7, 11) is 1.74. The molecule has 1 aromatic heterocycles. The molecule has 1 heterocycles. The standard InChI is InChI=1S/C34H35ClN2O3/c1-22-30(10-7-11-31(22)36-32(39)25-12-14-28(15-13-25)34(2,3)4)27-19-26(33(40)37(5)21-27)17-23-8-6-9-24(16-23)18-29(38)20-35/h6-16,19,21H,17-18,20H2,1-5H3,(H,36,39). The second-order valence-electron chi connectivity index (χ2n) is 11.3. The molecular weight excluding hydrogens is 520 g/mol. The Morgan fingerprint density at radius 1 is 0.925 bits per heavy atom. The number of nitrogens with one attached hydrogen (secondary N) is 1. The van der Waals surface area contributed by atoms with E-state index in [1.165, 1.54) is 5.56 Å². The average Bonchev–Trinajstić information content (AvgIpc) is 2.92. The highest BCUT2D eigenvalue weighted by molar-refractivity contribution is 6.27. The molecule has 0 aliphatic carbocycles. The predicted molar refractivity (Wildman–Crippen MR) is 164 cm³/mol. The van der Waals surface area contributed by atoms with Crippen LogP contribution in [0.1, 0.15) is 58.9 Å². The van der Waals surface area contributed by atoms with Gasteiger partial charge in [-0.15, -0.1) is 11.6 Å². The topological polar surface area (TPSA) is 68.2 Å².